The van der Waals surface area contributed by atoms with Crippen LogP contribution < -0.4 is 26.0 Å². The minimum atomic E-state index is -0.475. The van der Waals surface area contributed by atoms with Crippen LogP contribution in [0, 0.1) is 0 Å². The fourth-order valence-corrected chi connectivity index (χ4v) is 3.15. The number of carbonyl (C=O) groups is 3. The summed E-state index contributed by atoms with van der Waals surface area (Å²) in [6, 6.07) is 6.75. The maximum absolute atomic E-state index is 12.3. The number of urea groups is 1. The van der Waals surface area contributed by atoms with Gasteiger partial charge in [-0.05, 0) is 37.1 Å². The monoisotopic (exact) mass is 376 g/mol. The highest BCUT2D eigenvalue weighted by Crippen LogP contribution is 2.19. The Labute approximate surface area is 159 Å². The molecule has 0 aliphatic heterocycles. The maximum Gasteiger partial charge on any atom is 0.321 e. The van der Waals surface area contributed by atoms with Gasteiger partial charge in [0, 0.05) is 24.7 Å². The number of anilines is 1. The maximum atomic E-state index is 12.3. The van der Waals surface area contributed by atoms with Crippen molar-refractivity contribution in [3.8, 4) is 5.75 Å². The summed E-state index contributed by atoms with van der Waals surface area (Å²) in [5.74, 6) is -0.211. The standard InChI is InChI=1S/C19H28N4O4/c1-27-16-9-7-15(8-10-16)23(12-11-17(20)24)13-18(25)22-19(26)21-14-5-3-2-4-6-14/h7-10,14H,2-6,11-13H2,1H3,(H2,20,24)(H2,21,22,25,26). The fraction of sp³-hybridized carbons (Fsp3) is 0.526. The van der Waals surface area contributed by atoms with Gasteiger partial charge in [0.2, 0.25) is 11.8 Å². The van der Waals surface area contributed by atoms with E-state index in [9.17, 15) is 14.4 Å². The lowest BCUT2D eigenvalue weighted by Gasteiger charge is -2.25. The smallest absolute Gasteiger partial charge is 0.321 e. The van der Waals surface area contributed by atoms with Crippen LogP contribution in [0.3, 0.4) is 0 Å². The molecular weight excluding hydrogens is 348 g/mol. The van der Waals surface area contributed by atoms with Gasteiger partial charge in [-0.15, -0.1) is 0 Å². The molecule has 1 aromatic carbocycles. The lowest BCUT2D eigenvalue weighted by Crippen LogP contribution is -2.48. The predicted molar refractivity (Wildman–Crippen MR) is 103 cm³/mol. The number of methoxy groups -OCH3 is 1. The molecule has 4 N–H and O–H groups in total. The summed E-state index contributed by atoms with van der Waals surface area (Å²) < 4.78 is 5.13. The molecule has 8 heteroatoms. The number of primary amides is 1. The van der Waals surface area contributed by atoms with E-state index >= 15 is 0 Å². The molecule has 0 spiro atoms. The van der Waals surface area contributed by atoms with Crippen molar-refractivity contribution >= 4 is 23.5 Å². The number of nitrogens with two attached hydrogens (primary N) is 1. The third kappa shape index (κ3) is 7.16. The molecule has 4 amide bonds. The van der Waals surface area contributed by atoms with Gasteiger partial charge in [-0.2, -0.15) is 0 Å². The number of carbonyl (C=O) groups excluding carboxylic acids is 3. The van der Waals surface area contributed by atoms with E-state index in [4.69, 9.17) is 10.5 Å². The second-order valence-electron chi connectivity index (χ2n) is 6.69. The summed E-state index contributed by atoms with van der Waals surface area (Å²) in [6.07, 6.45) is 5.37. The zero-order valence-electron chi connectivity index (χ0n) is 15.7. The summed E-state index contributed by atoms with van der Waals surface area (Å²) in [7, 11) is 1.57. The summed E-state index contributed by atoms with van der Waals surface area (Å²) in [5.41, 5.74) is 5.97. The molecule has 0 aromatic heterocycles. The molecule has 1 aliphatic rings. The van der Waals surface area contributed by atoms with E-state index in [1.54, 1.807) is 36.3 Å². The van der Waals surface area contributed by atoms with Crippen LogP contribution in [0.2, 0.25) is 0 Å². The number of nitrogens with zero attached hydrogens (tertiary/aromatic N) is 1. The second-order valence-corrected chi connectivity index (χ2v) is 6.69. The molecule has 1 aliphatic carbocycles. The molecule has 27 heavy (non-hydrogen) atoms. The van der Waals surface area contributed by atoms with Crippen LogP contribution in [-0.4, -0.2) is 44.1 Å². The van der Waals surface area contributed by atoms with Crippen LogP contribution in [-0.2, 0) is 9.59 Å². The highest BCUT2D eigenvalue weighted by molar-refractivity contribution is 5.96. The Morgan fingerprint density at radius 3 is 2.41 bits per heavy atom. The van der Waals surface area contributed by atoms with Crippen molar-refractivity contribution < 1.29 is 19.1 Å². The van der Waals surface area contributed by atoms with Gasteiger partial charge in [0.05, 0.1) is 13.7 Å². The van der Waals surface area contributed by atoms with Gasteiger partial charge in [-0.25, -0.2) is 4.79 Å². The number of benzene rings is 1. The lowest BCUT2D eigenvalue weighted by molar-refractivity contribution is -0.120. The summed E-state index contributed by atoms with van der Waals surface area (Å²) in [6.45, 7) is 0.219. The van der Waals surface area contributed by atoms with Crippen LogP contribution in [0.4, 0.5) is 10.5 Å². The van der Waals surface area contributed by atoms with Crippen LogP contribution in [0.5, 0.6) is 5.75 Å². The summed E-state index contributed by atoms with van der Waals surface area (Å²) in [4.78, 5) is 37.2. The molecule has 1 aromatic rings. The van der Waals surface area contributed by atoms with Crippen molar-refractivity contribution in [3.05, 3.63) is 24.3 Å². The van der Waals surface area contributed by atoms with Gasteiger partial charge < -0.3 is 20.7 Å². The molecule has 0 bridgehead atoms. The Morgan fingerprint density at radius 2 is 1.81 bits per heavy atom. The first-order chi connectivity index (χ1) is 13.0. The highest BCUT2D eigenvalue weighted by Gasteiger charge is 2.18. The molecule has 0 saturated heterocycles. The van der Waals surface area contributed by atoms with Gasteiger partial charge in [-0.1, -0.05) is 19.3 Å². The van der Waals surface area contributed by atoms with Crippen LogP contribution in [0.15, 0.2) is 24.3 Å². The van der Waals surface area contributed by atoms with E-state index in [1.165, 1.54) is 6.42 Å². The number of imide groups is 1. The number of ether oxygens (including phenoxy) is 1. The second kappa shape index (κ2) is 10.4. The first kappa shape index (κ1) is 20.5. The topological polar surface area (TPSA) is 114 Å². The first-order valence-electron chi connectivity index (χ1n) is 9.25. The van der Waals surface area contributed by atoms with Crippen molar-refractivity contribution in [3.63, 3.8) is 0 Å². The van der Waals surface area contributed by atoms with E-state index in [-0.39, 0.29) is 25.6 Å². The van der Waals surface area contributed by atoms with E-state index in [2.05, 4.69) is 10.6 Å². The number of hydrogen-bond donors (Lipinski definition) is 3. The molecule has 148 valence electrons. The SMILES string of the molecule is COc1ccc(N(CCC(N)=O)CC(=O)NC(=O)NC2CCCCC2)cc1. The van der Waals surface area contributed by atoms with Crippen LogP contribution in [0.25, 0.3) is 0 Å². The largest absolute Gasteiger partial charge is 0.497 e. The van der Waals surface area contributed by atoms with Gasteiger partial charge in [-0.3, -0.25) is 14.9 Å². The first-order valence-corrected chi connectivity index (χ1v) is 9.25. The van der Waals surface area contributed by atoms with Gasteiger partial charge in [0.15, 0.2) is 0 Å². The van der Waals surface area contributed by atoms with Crippen molar-refractivity contribution in [1.29, 1.82) is 0 Å². The van der Waals surface area contributed by atoms with Gasteiger partial charge in [0.1, 0.15) is 5.75 Å². The average molecular weight is 376 g/mol. The van der Waals surface area contributed by atoms with E-state index in [0.717, 1.165) is 31.4 Å². The molecule has 1 saturated carbocycles. The average Bonchev–Trinajstić information content (AvgIpc) is 2.65. The van der Waals surface area contributed by atoms with E-state index in [1.807, 2.05) is 0 Å². The number of rotatable bonds is 8. The Kier molecular flexibility index (Phi) is 7.91. The zero-order valence-corrected chi connectivity index (χ0v) is 15.7. The molecule has 0 radical (unpaired) electrons. The van der Waals surface area contributed by atoms with Crippen molar-refractivity contribution in [1.82, 2.24) is 10.6 Å². The van der Waals surface area contributed by atoms with Crippen molar-refractivity contribution in [2.24, 2.45) is 5.73 Å². The molecule has 0 unspecified atom stereocenters. The minimum absolute atomic E-state index is 0.0578. The third-order valence-electron chi connectivity index (χ3n) is 4.59. The molecule has 0 atom stereocenters. The van der Waals surface area contributed by atoms with Crippen molar-refractivity contribution in [2.75, 3.05) is 25.1 Å². The number of amides is 4. The Balaban J connectivity index is 1.92. The lowest BCUT2D eigenvalue weighted by atomic mass is 9.96. The molecule has 2 rings (SSSR count). The normalized spacial score (nSPS) is 14.3. The van der Waals surface area contributed by atoms with E-state index in [0.29, 0.717) is 5.75 Å². The summed E-state index contributed by atoms with van der Waals surface area (Å²) in [5, 5.41) is 5.21. The number of nitrogens with one attached hydrogen (secondary N) is 2. The van der Waals surface area contributed by atoms with Crippen LogP contribution in [0.1, 0.15) is 38.5 Å². The molecule has 1 fully saturated rings. The van der Waals surface area contributed by atoms with Crippen molar-refractivity contribution in [2.45, 2.75) is 44.6 Å². The highest BCUT2D eigenvalue weighted by atomic mass is 16.5. The van der Waals surface area contributed by atoms with Gasteiger partial charge in [0.25, 0.3) is 0 Å². The predicted octanol–water partition coefficient (Wildman–Crippen LogP) is 1.54. The molecule has 8 nitrogen and oxygen atoms in total. The van der Waals surface area contributed by atoms with Gasteiger partial charge >= 0.3 is 6.03 Å². The Bertz CT molecular complexity index is 642. The molecule has 0 heterocycles. The Morgan fingerprint density at radius 1 is 1.15 bits per heavy atom. The zero-order chi connectivity index (χ0) is 19.6. The third-order valence-corrected chi connectivity index (χ3v) is 4.59. The Hall–Kier alpha value is -2.77. The number of hydrogen-bond acceptors (Lipinski definition) is 5. The summed E-state index contributed by atoms with van der Waals surface area (Å²) >= 11 is 0. The van der Waals surface area contributed by atoms with Crippen LogP contribution >= 0.6 is 0 Å². The quantitative estimate of drug-likeness (QED) is 0.637. The molecular formula is C19H28N4O4. The fourth-order valence-electron chi connectivity index (χ4n) is 3.15. The van der Waals surface area contributed by atoms with E-state index < -0.39 is 17.8 Å². The minimum Gasteiger partial charge on any atom is -0.497 e.